The van der Waals surface area contributed by atoms with Gasteiger partial charge in [0.15, 0.2) is 0 Å². The molecule has 1 saturated heterocycles. The number of rotatable bonds is 2. The SMILES string of the molecule is C/C(C=O)=C/C(Cl)=C1/C(=O)NC(C)(C(F)(F)F)N1C. The van der Waals surface area contributed by atoms with Gasteiger partial charge in [0.2, 0.25) is 5.66 Å². The van der Waals surface area contributed by atoms with Crippen LogP contribution in [0.25, 0.3) is 0 Å². The molecule has 1 unspecified atom stereocenters. The molecule has 1 aliphatic rings. The van der Waals surface area contributed by atoms with E-state index in [0.29, 0.717) is 11.2 Å². The molecule has 0 aromatic heterocycles. The zero-order chi connectivity index (χ0) is 15.0. The van der Waals surface area contributed by atoms with Crippen molar-refractivity contribution in [2.24, 2.45) is 0 Å². The van der Waals surface area contributed by atoms with Crippen LogP contribution in [0.2, 0.25) is 0 Å². The zero-order valence-electron chi connectivity index (χ0n) is 10.4. The Hall–Kier alpha value is -1.50. The van der Waals surface area contributed by atoms with Crippen LogP contribution in [0.4, 0.5) is 13.2 Å². The molecule has 0 aromatic carbocycles. The first-order valence-corrected chi connectivity index (χ1v) is 5.58. The largest absolute Gasteiger partial charge is 0.430 e. The van der Waals surface area contributed by atoms with Crippen LogP contribution < -0.4 is 5.32 Å². The monoisotopic (exact) mass is 296 g/mol. The quantitative estimate of drug-likeness (QED) is 0.626. The van der Waals surface area contributed by atoms with Crippen LogP contribution in [0.15, 0.2) is 22.4 Å². The number of hydrogen-bond donors (Lipinski definition) is 1. The fourth-order valence-electron chi connectivity index (χ4n) is 1.57. The van der Waals surface area contributed by atoms with Crippen molar-refractivity contribution in [2.45, 2.75) is 25.7 Å². The Morgan fingerprint density at radius 2 is 2.00 bits per heavy atom. The number of aldehydes is 1. The lowest BCUT2D eigenvalue weighted by molar-refractivity contribution is -0.218. The molecule has 0 saturated carbocycles. The van der Waals surface area contributed by atoms with Crippen molar-refractivity contribution in [3.8, 4) is 0 Å². The van der Waals surface area contributed by atoms with Crippen LogP contribution in [0, 0.1) is 0 Å². The molecule has 0 aromatic rings. The number of allylic oxidation sites excluding steroid dienone is 3. The maximum Gasteiger partial charge on any atom is 0.430 e. The topological polar surface area (TPSA) is 49.4 Å². The van der Waals surface area contributed by atoms with Gasteiger partial charge in [0.05, 0.1) is 5.03 Å². The average Bonchev–Trinajstić information content (AvgIpc) is 2.49. The molecule has 0 bridgehead atoms. The van der Waals surface area contributed by atoms with Crippen molar-refractivity contribution in [3.05, 3.63) is 22.4 Å². The molecule has 1 amide bonds. The molecule has 19 heavy (non-hydrogen) atoms. The smallest absolute Gasteiger partial charge is 0.339 e. The van der Waals surface area contributed by atoms with E-state index >= 15 is 0 Å². The summed E-state index contributed by atoms with van der Waals surface area (Å²) in [6, 6.07) is 0. The van der Waals surface area contributed by atoms with Gasteiger partial charge >= 0.3 is 6.18 Å². The number of halogens is 4. The fraction of sp³-hybridized carbons (Fsp3) is 0.455. The number of amides is 1. The van der Waals surface area contributed by atoms with Crippen molar-refractivity contribution in [3.63, 3.8) is 0 Å². The van der Waals surface area contributed by atoms with E-state index in [1.165, 1.54) is 6.92 Å². The third-order valence-electron chi connectivity index (χ3n) is 2.90. The summed E-state index contributed by atoms with van der Waals surface area (Å²) in [4.78, 5) is 22.8. The summed E-state index contributed by atoms with van der Waals surface area (Å²) in [6.45, 7) is 2.25. The van der Waals surface area contributed by atoms with Crippen LogP contribution in [-0.4, -0.2) is 36.0 Å². The maximum atomic E-state index is 12.9. The Kier molecular flexibility index (Phi) is 4.00. The first-order valence-electron chi connectivity index (χ1n) is 5.21. The van der Waals surface area contributed by atoms with Gasteiger partial charge in [0.25, 0.3) is 5.91 Å². The summed E-state index contributed by atoms with van der Waals surface area (Å²) in [6.07, 6.45) is -3.04. The van der Waals surface area contributed by atoms with Crippen LogP contribution in [0.5, 0.6) is 0 Å². The van der Waals surface area contributed by atoms with E-state index in [0.717, 1.165) is 20.0 Å². The number of nitrogens with zero attached hydrogens (tertiary/aromatic N) is 1. The molecule has 1 heterocycles. The van der Waals surface area contributed by atoms with Crippen molar-refractivity contribution in [1.82, 2.24) is 10.2 Å². The fourth-order valence-corrected chi connectivity index (χ4v) is 1.96. The van der Waals surface area contributed by atoms with Crippen molar-refractivity contribution in [2.75, 3.05) is 7.05 Å². The van der Waals surface area contributed by atoms with Gasteiger partial charge in [0.1, 0.15) is 12.0 Å². The first-order chi connectivity index (χ1) is 8.54. The van der Waals surface area contributed by atoms with Gasteiger partial charge in [-0.1, -0.05) is 11.6 Å². The van der Waals surface area contributed by atoms with Crippen LogP contribution >= 0.6 is 11.6 Å². The van der Waals surface area contributed by atoms with Crippen LogP contribution in [0.3, 0.4) is 0 Å². The van der Waals surface area contributed by atoms with E-state index in [1.54, 1.807) is 0 Å². The van der Waals surface area contributed by atoms with Crippen molar-refractivity contribution < 1.29 is 22.8 Å². The molecular formula is C11H12ClF3N2O2. The van der Waals surface area contributed by atoms with E-state index in [-0.39, 0.29) is 16.3 Å². The predicted molar refractivity (Wildman–Crippen MR) is 63.1 cm³/mol. The van der Waals surface area contributed by atoms with E-state index in [1.807, 2.05) is 5.32 Å². The highest BCUT2D eigenvalue weighted by Crippen LogP contribution is 2.39. The van der Waals surface area contributed by atoms with Crippen molar-refractivity contribution in [1.29, 1.82) is 0 Å². The molecule has 1 fully saturated rings. The average molecular weight is 297 g/mol. The summed E-state index contributed by atoms with van der Waals surface area (Å²) < 4.78 is 38.8. The molecule has 8 heteroatoms. The van der Waals surface area contributed by atoms with Crippen LogP contribution in [0.1, 0.15) is 13.8 Å². The molecular weight excluding hydrogens is 285 g/mol. The molecule has 0 radical (unpaired) electrons. The van der Waals surface area contributed by atoms with Gasteiger partial charge < -0.3 is 10.2 Å². The van der Waals surface area contributed by atoms with Gasteiger partial charge in [-0.3, -0.25) is 9.59 Å². The Morgan fingerprint density at radius 1 is 1.47 bits per heavy atom. The molecule has 1 N–H and O–H groups in total. The molecule has 1 rings (SSSR count). The number of likely N-dealkylation sites (N-methyl/N-ethyl adjacent to an activating group) is 1. The lowest BCUT2D eigenvalue weighted by Gasteiger charge is -2.34. The van der Waals surface area contributed by atoms with Gasteiger partial charge in [0, 0.05) is 7.05 Å². The zero-order valence-corrected chi connectivity index (χ0v) is 11.2. The summed E-state index contributed by atoms with van der Waals surface area (Å²) in [5, 5.41) is 1.62. The summed E-state index contributed by atoms with van der Waals surface area (Å²) in [7, 11) is 1.10. The van der Waals surface area contributed by atoms with Gasteiger partial charge in [-0.2, -0.15) is 13.2 Å². The van der Waals surface area contributed by atoms with E-state index in [4.69, 9.17) is 11.6 Å². The normalized spacial score (nSPS) is 27.4. The van der Waals surface area contributed by atoms with Crippen LogP contribution in [-0.2, 0) is 9.59 Å². The minimum atomic E-state index is -4.67. The van der Waals surface area contributed by atoms with E-state index < -0.39 is 17.7 Å². The Bertz CT molecular complexity index is 485. The van der Waals surface area contributed by atoms with Gasteiger partial charge in [-0.05, 0) is 25.5 Å². The standard InChI is InChI=1S/C11H12ClF3N2O2/c1-6(5-18)4-7(12)8-9(19)16-10(2,17(8)3)11(13,14)15/h4-5H,1-3H3,(H,16,19)/b6-4-,8-7+. The number of carbonyl (C=O) groups excluding carboxylic acids is 2. The summed E-state index contributed by atoms with van der Waals surface area (Å²) in [5.74, 6) is -0.942. The summed E-state index contributed by atoms with van der Waals surface area (Å²) in [5.41, 5.74) is -2.66. The lowest BCUT2D eigenvalue weighted by atomic mass is 10.2. The second kappa shape index (κ2) is 4.88. The third kappa shape index (κ3) is 2.60. The molecule has 4 nitrogen and oxygen atoms in total. The Labute approximate surface area is 112 Å². The van der Waals surface area contributed by atoms with Crippen molar-refractivity contribution >= 4 is 23.8 Å². The molecule has 1 aliphatic heterocycles. The number of nitrogens with one attached hydrogen (secondary N) is 1. The number of carbonyl (C=O) groups is 2. The predicted octanol–water partition coefficient (Wildman–Crippen LogP) is 1.92. The lowest BCUT2D eigenvalue weighted by Crippen LogP contribution is -2.58. The maximum absolute atomic E-state index is 12.9. The summed E-state index contributed by atoms with van der Waals surface area (Å²) >= 11 is 5.80. The molecule has 1 atom stereocenters. The highest BCUT2D eigenvalue weighted by Gasteiger charge is 2.60. The van der Waals surface area contributed by atoms with E-state index in [2.05, 4.69) is 0 Å². The Morgan fingerprint density at radius 3 is 2.37 bits per heavy atom. The Balaban J connectivity index is 3.31. The second-order valence-electron chi connectivity index (χ2n) is 4.29. The minimum Gasteiger partial charge on any atom is -0.339 e. The number of alkyl halides is 3. The molecule has 0 spiro atoms. The molecule has 106 valence electrons. The first kappa shape index (κ1) is 15.6. The highest BCUT2D eigenvalue weighted by atomic mass is 35.5. The minimum absolute atomic E-state index is 0.194. The van der Waals surface area contributed by atoms with Gasteiger partial charge in [-0.25, -0.2) is 0 Å². The third-order valence-corrected chi connectivity index (χ3v) is 3.18. The van der Waals surface area contributed by atoms with E-state index in [9.17, 15) is 22.8 Å². The second-order valence-corrected chi connectivity index (χ2v) is 4.69. The number of hydrogen-bond acceptors (Lipinski definition) is 3. The van der Waals surface area contributed by atoms with Gasteiger partial charge in [-0.15, -0.1) is 0 Å². The highest BCUT2D eigenvalue weighted by molar-refractivity contribution is 6.33. The molecule has 0 aliphatic carbocycles.